The van der Waals surface area contributed by atoms with Crippen molar-refractivity contribution in [2.75, 3.05) is 7.05 Å². The van der Waals surface area contributed by atoms with E-state index >= 15 is 0 Å². The molecule has 1 heterocycles. The Hall–Kier alpha value is -1.66. The lowest BCUT2D eigenvalue weighted by Crippen LogP contribution is -2.25. The summed E-state index contributed by atoms with van der Waals surface area (Å²) in [5.41, 5.74) is 1.13. The number of hydrogen-bond donors (Lipinski definition) is 1. The molecule has 0 radical (unpaired) electrons. The van der Waals surface area contributed by atoms with Gasteiger partial charge in [-0.2, -0.15) is 0 Å². The van der Waals surface area contributed by atoms with Crippen molar-refractivity contribution in [3.8, 4) is 0 Å². The highest BCUT2D eigenvalue weighted by Crippen LogP contribution is 2.24. The summed E-state index contributed by atoms with van der Waals surface area (Å²) >= 11 is 4.73. The molecular weight excluding hydrogens is 342 g/mol. The minimum atomic E-state index is -0.955. The summed E-state index contributed by atoms with van der Waals surface area (Å²) < 4.78 is 0.792. The lowest BCUT2D eigenvalue weighted by atomic mass is 10.1. The second-order valence-electron chi connectivity index (χ2n) is 4.26. The van der Waals surface area contributed by atoms with E-state index in [4.69, 9.17) is 5.11 Å². The Labute approximate surface area is 128 Å². The number of rotatable bonds is 4. The normalized spacial score (nSPS) is 10.3. The second kappa shape index (κ2) is 6.19. The summed E-state index contributed by atoms with van der Waals surface area (Å²) in [6.07, 6.45) is 0. The van der Waals surface area contributed by atoms with Crippen LogP contribution in [0.25, 0.3) is 0 Å². The van der Waals surface area contributed by atoms with Gasteiger partial charge in [0.05, 0.1) is 5.56 Å². The number of amides is 1. The maximum Gasteiger partial charge on any atom is 0.335 e. The fourth-order valence-electron chi connectivity index (χ4n) is 1.72. The highest BCUT2D eigenvalue weighted by molar-refractivity contribution is 9.10. The van der Waals surface area contributed by atoms with Gasteiger partial charge >= 0.3 is 5.97 Å². The number of aromatic carboxylic acids is 1. The largest absolute Gasteiger partial charge is 0.478 e. The van der Waals surface area contributed by atoms with E-state index in [0.717, 1.165) is 10.0 Å². The van der Waals surface area contributed by atoms with Crippen LogP contribution in [0.2, 0.25) is 0 Å². The summed E-state index contributed by atoms with van der Waals surface area (Å²) in [5, 5.41) is 10.7. The first-order chi connectivity index (χ1) is 9.49. The molecule has 0 aliphatic heterocycles. The second-order valence-corrected chi connectivity index (χ2v) is 6.03. The molecule has 0 unspecified atom stereocenters. The van der Waals surface area contributed by atoms with Crippen LogP contribution in [0, 0.1) is 0 Å². The molecule has 0 atom stereocenters. The van der Waals surface area contributed by atoms with Crippen LogP contribution in [-0.2, 0) is 6.54 Å². The van der Waals surface area contributed by atoms with E-state index in [2.05, 4.69) is 15.9 Å². The minimum Gasteiger partial charge on any atom is -0.478 e. The lowest BCUT2D eigenvalue weighted by molar-refractivity contribution is 0.0695. The number of carbonyl (C=O) groups excluding carboxylic acids is 1. The number of carboxylic acids is 1. The summed E-state index contributed by atoms with van der Waals surface area (Å²) in [5.74, 6) is -1.02. The molecule has 1 aromatic carbocycles. The van der Waals surface area contributed by atoms with Crippen LogP contribution in [0.3, 0.4) is 0 Å². The van der Waals surface area contributed by atoms with E-state index < -0.39 is 5.97 Å². The predicted molar refractivity (Wildman–Crippen MR) is 81.2 cm³/mol. The Balaban J connectivity index is 2.08. The predicted octanol–water partition coefficient (Wildman–Crippen LogP) is 3.48. The van der Waals surface area contributed by atoms with Crippen molar-refractivity contribution in [1.82, 2.24) is 4.90 Å². The molecule has 1 amide bonds. The van der Waals surface area contributed by atoms with Crippen LogP contribution in [0.1, 0.15) is 25.6 Å². The smallest absolute Gasteiger partial charge is 0.335 e. The average Bonchev–Trinajstić information content (AvgIpc) is 2.84. The number of benzene rings is 1. The van der Waals surface area contributed by atoms with E-state index in [9.17, 15) is 9.59 Å². The Morgan fingerprint density at radius 2 is 1.90 bits per heavy atom. The molecule has 6 heteroatoms. The molecule has 104 valence electrons. The minimum absolute atomic E-state index is 0.0609. The van der Waals surface area contributed by atoms with Crippen LogP contribution < -0.4 is 0 Å². The Morgan fingerprint density at radius 1 is 1.25 bits per heavy atom. The number of nitrogens with zero attached hydrogens (tertiary/aromatic N) is 1. The number of thiophene rings is 1. The molecule has 0 aliphatic rings. The molecule has 0 saturated heterocycles. The van der Waals surface area contributed by atoms with E-state index in [1.54, 1.807) is 24.1 Å². The van der Waals surface area contributed by atoms with E-state index in [-0.39, 0.29) is 11.5 Å². The fraction of sp³-hybridized carbons (Fsp3) is 0.143. The molecule has 2 rings (SSSR count). The zero-order valence-electron chi connectivity index (χ0n) is 10.7. The first kappa shape index (κ1) is 14.7. The molecule has 0 fully saturated rings. The van der Waals surface area contributed by atoms with Crippen LogP contribution in [0.5, 0.6) is 0 Å². The van der Waals surface area contributed by atoms with Crippen LogP contribution in [0.15, 0.2) is 40.2 Å². The first-order valence-electron chi connectivity index (χ1n) is 5.79. The summed E-state index contributed by atoms with van der Waals surface area (Å²) in [7, 11) is 1.72. The average molecular weight is 354 g/mol. The topological polar surface area (TPSA) is 57.6 Å². The summed E-state index contributed by atoms with van der Waals surface area (Å²) in [6, 6.07) is 8.36. The van der Waals surface area contributed by atoms with Gasteiger partial charge in [0.1, 0.15) is 4.88 Å². The molecule has 20 heavy (non-hydrogen) atoms. The molecule has 0 bridgehead atoms. The van der Waals surface area contributed by atoms with E-state index in [1.807, 2.05) is 11.4 Å². The van der Waals surface area contributed by atoms with E-state index in [0.29, 0.717) is 11.4 Å². The van der Waals surface area contributed by atoms with Gasteiger partial charge in [-0.05, 0) is 45.1 Å². The highest BCUT2D eigenvalue weighted by atomic mass is 79.9. The Bertz CT molecular complexity index is 636. The lowest BCUT2D eigenvalue weighted by Gasteiger charge is -2.16. The Kier molecular flexibility index (Phi) is 4.57. The number of hydrogen-bond acceptors (Lipinski definition) is 3. The van der Waals surface area contributed by atoms with Crippen molar-refractivity contribution in [2.24, 2.45) is 0 Å². The molecule has 2 aromatic rings. The number of carboxylic acid groups (broad SMARTS) is 1. The third kappa shape index (κ3) is 3.26. The maximum absolute atomic E-state index is 12.2. The van der Waals surface area contributed by atoms with Gasteiger partial charge in [-0.1, -0.05) is 12.1 Å². The number of carbonyl (C=O) groups is 2. The van der Waals surface area contributed by atoms with Crippen LogP contribution >= 0.6 is 27.3 Å². The molecule has 1 aromatic heterocycles. The van der Waals surface area contributed by atoms with Gasteiger partial charge in [0.15, 0.2) is 0 Å². The molecule has 0 spiro atoms. The molecule has 0 aliphatic carbocycles. The number of halogens is 1. The summed E-state index contributed by atoms with van der Waals surface area (Å²) in [4.78, 5) is 25.3. The van der Waals surface area contributed by atoms with Gasteiger partial charge in [-0.3, -0.25) is 4.79 Å². The van der Waals surface area contributed by atoms with Crippen molar-refractivity contribution in [3.05, 3.63) is 56.2 Å². The van der Waals surface area contributed by atoms with Gasteiger partial charge in [0, 0.05) is 18.1 Å². The van der Waals surface area contributed by atoms with Gasteiger partial charge in [0.25, 0.3) is 5.91 Å². The third-order valence-electron chi connectivity index (χ3n) is 2.78. The Morgan fingerprint density at radius 3 is 2.40 bits per heavy atom. The first-order valence-corrected chi connectivity index (χ1v) is 7.47. The zero-order chi connectivity index (χ0) is 14.7. The monoisotopic (exact) mass is 353 g/mol. The summed E-state index contributed by atoms with van der Waals surface area (Å²) in [6.45, 7) is 0.434. The molecule has 4 nitrogen and oxygen atoms in total. The van der Waals surface area contributed by atoms with Gasteiger partial charge in [-0.15, -0.1) is 11.3 Å². The third-order valence-corrected chi connectivity index (χ3v) is 4.60. The van der Waals surface area contributed by atoms with Crippen molar-refractivity contribution < 1.29 is 14.7 Å². The van der Waals surface area contributed by atoms with Crippen molar-refractivity contribution in [1.29, 1.82) is 0 Å². The van der Waals surface area contributed by atoms with Gasteiger partial charge < -0.3 is 10.0 Å². The van der Waals surface area contributed by atoms with Crippen LogP contribution in [-0.4, -0.2) is 28.9 Å². The van der Waals surface area contributed by atoms with Gasteiger partial charge in [0.2, 0.25) is 0 Å². The van der Waals surface area contributed by atoms with Crippen molar-refractivity contribution in [3.63, 3.8) is 0 Å². The van der Waals surface area contributed by atoms with Crippen LogP contribution in [0.4, 0.5) is 0 Å². The molecular formula is C14H12BrNO3S. The SMILES string of the molecule is CN(Cc1ccc(C(=O)O)cc1)C(=O)c1sccc1Br. The quantitative estimate of drug-likeness (QED) is 0.915. The van der Waals surface area contributed by atoms with Gasteiger partial charge in [-0.25, -0.2) is 4.79 Å². The molecule has 1 N–H and O–H groups in total. The fourth-order valence-corrected chi connectivity index (χ4v) is 3.25. The zero-order valence-corrected chi connectivity index (χ0v) is 13.1. The van der Waals surface area contributed by atoms with Crippen molar-refractivity contribution in [2.45, 2.75) is 6.54 Å². The maximum atomic E-state index is 12.2. The standard InChI is InChI=1S/C14H12BrNO3S/c1-16(13(17)12-11(15)6-7-20-12)8-9-2-4-10(5-3-9)14(18)19/h2-7H,8H2,1H3,(H,18,19). The molecule has 0 saturated carbocycles. The highest BCUT2D eigenvalue weighted by Gasteiger charge is 2.16. The van der Waals surface area contributed by atoms with Crippen molar-refractivity contribution >= 4 is 39.1 Å². The van der Waals surface area contributed by atoms with E-state index in [1.165, 1.54) is 23.5 Å².